The van der Waals surface area contributed by atoms with Crippen LogP contribution in [0.2, 0.25) is 0 Å². The molecule has 8 nitrogen and oxygen atoms in total. The fourth-order valence-corrected chi connectivity index (χ4v) is 5.19. The number of hydrogen-bond acceptors (Lipinski definition) is 6. The average molecular weight is 526 g/mol. The minimum atomic E-state index is -0.702. The number of carbonyl (C=O) groups excluding carboxylic acids is 1. The first kappa shape index (κ1) is 26.4. The van der Waals surface area contributed by atoms with Gasteiger partial charge in [-0.15, -0.1) is 0 Å². The normalized spacial score (nSPS) is 18.0. The Morgan fingerprint density at radius 2 is 1.92 bits per heavy atom. The van der Waals surface area contributed by atoms with Crippen molar-refractivity contribution in [3.63, 3.8) is 0 Å². The van der Waals surface area contributed by atoms with Crippen LogP contribution in [0.3, 0.4) is 0 Å². The van der Waals surface area contributed by atoms with Crippen LogP contribution in [0.5, 0.6) is 5.75 Å². The molecule has 0 spiro atoms. The van der Waals surface area contributed by atoms with Crippen molar-refractivity contribution in [3.05, 3.63) is 51.8 Å². The predicted molar refractivity (Wildman–Crippen MR) is 143 cm³/mol. The maximum absolute atomic E-state index is 15.8. The van der Waals surface area contributed by atoms with Crippen molar-refractivity contribution >= 4 is 16.9 Å². The summed E-state index contributed by atoms with van der Waals surface area (Å²) in [6, 6.07) is 3.51. The van der Waals surface area contributed by atoms with Gasteiger partial charge in [0.15, 0.2) is 5.75 Å². The lowest BCUT2D eigenvalue weighted by Crippen LogP contribution is -2.44. The molecule has 1 saturated carbocycles. The molecule has 3 aromatic rings. The molecule has 0 bridgehead atoms. The van der Waals surface area contributed by atoms with E-state index in [1.807, 2.05) is 37.6 Å². The summed E-state index contributed by atoms with van der Waals surface area (Å²) in [6.45, 7) is 9.97. The Labute approximate surface area is 221 Å². The van der Waals surface area contributed by atoms with Gasteiger partial charge in [-0.05, 0) is 59.7 Å². The van der Waals surface area contributed by atoms with Gasteiger partial charge >= 0.3 is 5.97 Å². The molecule has 9 heteroatoms. The summed E-state index contributed by atoms with van der Waals surface area (Å²) in [5.41, 5.74) is 1.69. The van der Waals surface area contributed by atoms with Gasteiger partial charge in [0.2, 0.25) is 5.43 Å². The van der Waals surface area contributed by atoms with Gasteiger partial charge in [-0.3, -0.25) is 9.69 Å². The summed E-state index contributed by atoms with van der Waals surface area (Å²) >= 11 is 0. The van der Waals surface area contributed by atoms with Gasteiger partial charge in [-0.1, -0.05) is 0 Å². The van der Waals surface area contributed by atoms with E-state index in [1.54, 1.807) is 13.1 Å². The van der Waals surface area contributed by atoms with Crippen molar-refractivity contribution in [1.82, 2.24) is 14.0 Å². The standard InChI is InChI=1S/C29H36FN3O5/c1-7-37-28(35)22-15-33(18-8-9-18)25-21(26(22)34)11-23(30)24(27(25)36-6)17-10-19-13-31(5)20(14-32(19)12-17)16-38-29(2,3)4/h10-12,15,18,20H,7-9,13-14,16H2,1-6H3. The van der Waals surface area contributed by atoms with Crippen LogP contribution in [-0.4, -0.2) is 59.0 Å². The molecular formula is C29H36FN3O5. The van der Waals surface area contributed by atoms with Crippen LogP contribution < -0.4 is 10.2 Å². The molecule has 204 valence electrons. The number of fused-ring (bicyclic) bond motifs is 2. The molecule has 2 aromatic heterocycles. The third kappa shape index (κ3) is 4.85. The monoisotopic (exact) mass is 525 g/mol. The van der Waals surface area contributed by atoms with Gasteiger partial charge in [0, 0.05) is 42.8 Å². The first-order chi connectivity index (χ1) is 18.0. The fraction of sp³-hybridized carbons (Fsp3) is 0.517. The zero-order valence-corrected chi connectivity index (χ0v) is 23.0. The molecular weight excluding hydrogens is 489 g/mol. The van der Waals surface area contributed by atoms with Crippen LogP contribution >= 0.6 is 0 Å². The minimum Gasteiger partial charge on any atom is -0.494 e. The molecule has 0 N–H and O–H groups in total. The van der Waals surface area contributed by atoms with E-state index in [4.69, 9.17) is 14.2 Å². The average Bonchev–Trinajstić information content (AvgIpc) is 3.61. The largest absolute Gasteiger partial charge is 0.494 e. The van der Waals surface area contributed by atoms with E-state index in [9.17, 15) is 9.59 Å². The molecule has 0 saturated heterocycles. The number of esters is 1. The Kier molecular flexibility index (Phi) is 6.86. The number of methoxy groups -OCH3 is 1. The number of likely N-dealkylation sites (N-methyl/N-ethyl adjacent to an activating group) is 1. The zero-order valence-electron chi connectivity index (χ0n) is 23.0. The predicted octanol–water partition coefficient (Wildman–Crippen LogP) is 4.76. The number of pyridine rings is 1. The Hall–Kier alpha value is -3.17. The van der Waals surface area contributed by atoms with Crippen molar-refractivity contribution in [2.45, 2.75) is 71.3 Å². The second kappa shape index (κ2) is 9.85. The number of aromatic nitrogens is 2. The van der Waals surface area contributed by atoms with Crippen molar-refractivity contribution in [2.75, 3.05) is 27.4 Å². The van der Waals surface area contributed by atoms with Gasteiger partial charge in [0.25, 0.3) is 0 Å². The van der Waals surface area contributed by atoms with Crippen molar-refractivity contribution in [2.24, 2.45) is 0 Å². The molecule has 3 heterocycles. The molecule has 1 aliphatic carbocycles. The van der Waals surface area contributed by atoms with Crippen LogP contribution in [0.15, 0.2) is 29.3 Å². The summed E-state index contributed by atoms with van der Waals surface area (Å²) < 4.78 is 36.8. The summed E-state index contributed by atoms with van der Waals surface area (Å²) in [7, 11) is 3.56. The molecule has 2 aliphatic rings. The number of hydrogen-bond donors (Lipinski definition) is 0. The van der Waals surface area contributed by atoms with E-state index in [0.29, 0.717) is 35.5 Å². The molecule has 38 heavy (non-hydrogen) atoms. The minimum absolute atomic E-state index is 0.0914. The van der Waals surface area contributed by atoms with Gasteiger partial charge in [-0.2, -0.15) is 0 Å². The lowest BCUT2D eigenvalue weighted by molar-refractivity contribution is -0.0398. The van der Waals surface area contributed by atoms with E-state index >= 15 is 4.39 Å². The number of benzene rings is 1. The highest BCUT2D eigenvalue weighted by atomic mass is 19.1. The summed E-state index contributed by atoms with van der Waals surface area (Å²) in [5.74, 6) is -0.978. The summed E-state index contributed by atoms with van der Waals surface area (Å²) in [4.78, 5) is 28.1. The Morgan fingerprint density at radius 1 is 1.18 bits per heavy atom. The van der Waals surface area contributed by atoms with E-state index in [-0.39, 0.29) is 35.2 Å². The maximum Gasteiger partial charge on any atom is 0.343 e. The first-order valence-electron chi connectivity index (χ1n) is 13.2. The fourth-order valence-electron chi connectivity index (χ4n) is 5.19. The SMILES string of the molecule is CCOC(=O)c1cn(C2CC2)c2c(OC)c(-c3cc4n(c3)CC(COC(C)(C)C)N(C)C4)c(F)cc2c1=O. The molecule has 5 rings (SSSR count). The van der Waals surface area contributed by atoms with Crippen LogP contribution in [-0.2, 0) is 22.6 Å². The van der Waals surface area contributed by atoms with Gasteiger partial charge in [0.05, 0.1) is 48.4 Å². The highest BCUT2D eigenvalue weighted by molar-refractivity contribution is 5.98. The third-order valence-corrected chi connectivity index (χ3v) is 7.29. The highest BCUT2D eigenvalue weighted by Gasteiger charge is 2.32. The van der Waals surface area contributed by atoms with Crippen LogP contribution in [0, 0.1) is 5.82 Å². The van der Waals surface area contributed by atoms with Crippen LogP contribution in [0.4, 0.5) is 4.39 Å². The lowest BCUT2D eigenvalue weighted by atomic mass is 10.0. The molecule has 1 aliphatic heterocycles. The van der Waals surface area contributed by atoms with Gasteiger partial charge < -0.3 is 23.3 Å². The topological polar surface area (TPSA) is 74.9 Å². The van der Waals surface area contributed by atoms with Gasteiger partial charge in [-0.25, -0.2) is 9.18 Å². The van der Waals surface area contributed by atoms with Crippen LogP contribution in [0.25, 0.3) is 22.0 Å². The molecule has 1 atom stereocenters. The van der Waals surface area contributed by atoms with E-state index in [1.165, 1.54) is 13.2 Å². The number of carbonyl (C=O) groups is 1. The second-order valence-corrected chi connectivity index (χ2v) is 11.3. The van der Waals surface area contributed by atoms with Crippen LogP contribution in [0.1, 0.15) is 62.6 Å². The van der Waals surface area contributed by atoms with Crippen molar-refractivity contribution in [3.8, 4) is 16.9 Å². The van der Waals surface area contributed by atoms with E-state index < -0.39 is 17.2 Å². The Morgan fingerprint density at radius 3 is 2.55 bits per heavy atom. The van der Waals surface area contributed by atoms with Gasteiger partial charge in [0.1, 0.15) is 11.4 Å². The molecule has 1 fully saturated rings. The molecule has 0 amide bonds. The maximum atomic E-state index is 15.8. The van der Waals surface area contributed by atoms with Crippen molar-refractivity contribution < 1.29 is 23.4 Å². The summed E-state index contributed by atoms with van der Waals surface area (Å²) in [6.07, 6.45) is 5.30. The third-order valence-electron chi connectivity index (χ3n) is 7.29. The number of rotatable bonds is 7. The molecule has 1 aromatic carbocycles. The number of halogens is 1. The quantitative estimate of drug-likeness (QED) is 0.414. The van der Waals surface area contributed by atoms with E-state index in [0.717, 1.165) is 25.1 Å². The second-order valence-electron chi connectivity index (χ2n) is 11.3. The lowest BCUT2D eigenvalue weighted by Gasteiger charge is -2.35. The number of nitrogens with zero attached hydrogens (tertiary/aromatic N) is 3. The molecule has 0 radical (unpaired) electrons. The first-order valence-corrected chi connectivity index (χ1v) is 13.2. The Bertz CT molecular complexity index is 1450. The molecule has 1 unspecified atom stereocenters. The smallest absolute Gasteiger partial charge is 0.343 e. The Balaban J connectivity index is 1.62. The number of ether oxygens (including phenoxy) is 3. The zero-order chi connectivity index (χ0) is 27.4. The van der Waals surface area contributed by atoms with Crippen molar-refractivity contribution in [1.29, 1.82) is 0 Å². The highest BCUT2D eigenvalue weighted by Crippen LogP contribution is 2.44. The summed E-state index contributed by atoms with van der Waals surface area (Å²) in [5, 5.41) is 0.114. The van der Waals surface area contributed by atoms with E-state index in [2.05, 4.69) is 16.5 Å².